The number of benzene rings is 1. The second-order valence-electron chi connectivity index (χ2n) is 4.96. The highest BCUT2D eigenvalue weighted by Crippen LogP contribution is 2.14. The maximum Gasteiger partial charge on any atom is 0.251 e. The van der Waals surface area contributed by atoms with Crippen LogP contribution in [0.1, 0.15) is 35.7 Å². The Kier molecular flexibility index (Phi) is 5.16. The maximum absolute atomic E-state index is 12.2. The molecule has 0 radical (unpaired) electrons. The highest BCUT2D eigenvalue weighted by atomic mass is 16.5. The average molecular weight is 272 g/mol. The Hall–Kier alpha value is -1.83. The molecular weight excluding hydrogens is 252 g/mol. The molecular formula is C16H20N2O2. The zero-order valence-corrected chi connectivity index (χ0v) is 11.7. The minimum atomic E-state index is -0.0551. The van der Waals surface area contributed by atoms with Gasteiger partial charge in [-0.05, 0) is 38.0 Å². The van der Waals surface area contributed by atoms with E-state index in [0.717, 1.165) is 18.4 Å². The minimum absolute atomic E-state index is 0.0551. The van der Waals surface area contributed by atoms with E-state index in [4.69, 9.17) is 10.5 Å². The van der Waals surface area contributed by atoms with E-state index in [2.05, 4.69) is 17.2 Å². The fraction of sp³-hybridized carbons (Fsp3) is 0.438. The Balaban J connectivity index is 2.01. The number of carbonyl (C=O) groups is 1. The van der Waals surface area contributed by atoms with Crippen LogP contribution < -0.4 is 11.1 Å². The van der Waals surface area contributed by atoms with Crippen LogP contribution in [0, 0.1) is 11.8 Å². The first-order valence-corrected chi connectivity index (χ1v) is 6.90. The lowest BCUT2D eigenvalue weighted by molar-refractivity contribution is 0.0136. The molecule has 20 heavy (non-hydrogen) atoms. The van der Waals surface area contributed by atoms with E-state index < -0.39 is 0 Å². The van der Waals surface area contributed by atoms with Crippen LogP contribution in [0.5, 0.6) is 0 Å². The third-order valence-electron chi connectivity index (χ3n) is 3.28. The van der Waals surface area contributed by atoms with Gasteiger partial charge in [0, 0.05) is 23.8 Å². The average Bonchev–Trinajstić information content (AvgIpc) is 2.45. The molecule has 1 aromatic rings. The van der Waals surface area contributed by atoms with Crippen LogP contribution in [0.4, 0.5) is 0 Å². The number of nitrogens with two attached hydrogens (primary N) is 1. The van der Waals surface area contributed by atoms with Crippen LogP contribution in [-0.4, -0.2) is 31.2 Å². The van der Waals surface area contributed by atoms with Gasteiger partial charge in [-0.15, -0.1) is 0 Å². The van der Waals surface area contributed by atoms with Crippen molar-refractivity contribution in [1.82, 2.24) is 5.32 Å². The quantitative estimate of drug-likeness (QED) is 0.797. The van der Waals surface area contributed by atoms with Gasteiger partial charge >= 0.3 is 0 Å². The van der Waals surface area contributed by atoms with Gasteiger partial charge in [-0.2, -0.15) is 0 Å². The summed E-state index contributed by atoms with van der Waals surface area (Å²) in [7, 11) is 0. The zero-order valence-electron chi connectivity index (χ0n) is 11.7. The number of carbonyl (C=O) groups excluding carboxylic acids is 1. The number of ether oxygens (including phenoxy) is 1. The molecule has 0 spiro atoms. The standard InChI is InChI=1S/C16H20N2O2/c1-12-10-15(7-9-20-12)18-16(19)14-6-2-4-13(11-14)5-3-8-17/h2,4,6,11-12,15H,7-10,17H2,1H3,(H,18,19). The number of hydrogen-bond acceptors (Lipinski definition) is 3. The van der Waals surface area contributed by atoms with E-state index >= 15 is 0 Å². The van der Waals surface area contributed by atoms with E-state index in [0.29, 0.717) is 18.7 Å². The fourth-order valence-electron chi connectivity index (χ4n) is 2.29. The van der Waals surface area contributed by atoms with Crippen molar-refractivity contribution in [2.75, 3.05) is 13.2 Å². The highest BCUT2D eigenvalue weighted by Gasteiger charge is 2.21. The molecule has 2 unspecified atom stereocenters. The van der Waals surface area contributed by atoms with E-state index in [1.165, 1.54) is 0 Å². The molecule has 2 rings (SSSR count). The van der Waals surface area contributed by atoms with Crippen molar-refractivity contribution >= 4 is 5.91 Å². The first-order valence-electron chi connectivity index (χ1n) is 6.90. The Morgan fingerprint density at radius 2 is 2.40 bits per heavy atom. The largest absolute Gasteiger partial charge is 0.378 e. The first-order chi connectivity index (χ1) is 9.69. The highest BCUT2D eigenvalue weighted by molar-refractivity contribution is 5.94. The smallest absolute Gasteiger partial charge is 0.251 e. The molecule has 4 nitrogen and oxygen atoms in total. The second-order valence-corrected chi connectivity index (χ2v) is 4.96. The summed E-state index contributed by atoms with van der Waals surface area (Å²) in [6.45, 7) is 3.05. The van der Waals surface area contributed by atoms with Gasteiger partial charge < -0.3 is 15.8 Å². The molecule has 1 fully saturated rings. The Labute approximate surface area is 119 Å². The maximum atomic E-state index is 12.2. The molecule has 106 valence electrons. The fourth-order valence-corrected chi connectivity index (χ4v) is 2.29. The van der Waals surface area contributed by atoms with E-state index in [9.17, 15) is 4.79 Å². The molecule has 4 heteroatoms. The molecule has 0 aliphatic carbocycles. The molecule has 1 heterocycles. The second kappa shape index (κ2) is 7.09. The van der Waals surface area contributed by atoms with Crippen LogP contribution in [0.15, 0.2) is 24.3 Å². The van der Waals surface area contributed by atoms with Gasteiger partial charge in [0.25, 0.3) is 5.91 Å². The molecule has 1 aliphatic heterocycles. The predicted molar refractivity (Wildman–Crippen MR) is 78.3 cm³/mol. The lowest BCUT2D eigenvalue weighted by Crippen LogP contribution is -2.41. The summed E-state index contributed by atoms with van der Waals surface area (Å²) in [6, 6.07) is 7.48. The summed E-state index contributed by atoms with van der Waals surface area (Å²) < 4.78 is 5.48. The molecule has 1 aromatic carbocycles. The monoisotopic (exact) mass is 272 g/mol. The predicted octanol–water partition coefficient (Wildman–Crippen LogP) is 1.29. The van der Waals surface area contributed by atoms with E-state index in [1.54, 1.807) is 12.1 Å². The molecule has 0 saturated carbocycles. The van der Waals surface area contributed by atoms with Crippen LogP contribution in [0.3, 0.4) is 0 Å². The third kappa shape index (κ3) is 4.09. The lowest BCUT2D eigenvalue weighted by Gasteiger charge is -2.27. The van der Waals surface area contributed by atoms with Gasteiger partial charge in [-0.25, -0.2) is 0 Å². The summed E-state index contributed by atoms with van der Waals surface area (Å²) in [5.74, 6) is 5.67. The zero-order chi connectivity index (χ0) is 14.4. The molecule has 0 bridgehead atoms. The number of nitrogens with one attached hydrogen (secondary N) is 1. The topological polar surface area (TPSA) is 64.4 Å². The summed E-state index contributed by atoms with van der Waals surface area (Å²) >= 11 is 0. The normalized spacial score (nSPS) is 21.7. The van der Waals surface area contributed by atoms with Gasteiger partial charge in [0.1, 0.15) is 0 Å². The van der Waals surface area contributed by atoms with E-state index in [1.807, 2.05) is 19.1 Å². The minimum Gasteiger partial charge on any atom is -0.378 e. The molecule has 0 aromatic heterocycles. The van der Waals surface area contributed by atoms with Crippen LogP contribution in [0.25, 0.3) is 0 Å². The lowest BCUT2D eigenvalue weighted by atomic mass is 10.0. The molecule has 3 N–H and O–H groups in total. The van der Waals surface area contributed by atoms with Gasteiger partial charge in [-0.3, -0.25) is 4.79 Å². The van der Waals surface area contributed by atoms with Crippen LogP contribution >= 0.6 is 0 Å². The van der Waals surface area contributed by atoms with Crippen molar-refractivity contribution < 1.29 is 9.53 Å². The SMILES string of the molecule is CC1CC(NC(=O)c2cccc(C#CCN)c2)CCO1. The number of rotatable bonds is 2. The molecule has 1 saturated heterocycles. The first kappa shape index (κ1) is 14.6. The molecule has 1 aliphatic rings. The summed E-state index contributed by atoms with van der Waals surface area (Å²) in [4.78, 5) is 12.2. The Bertz CT molecular complexity index is 531. The summed E-state index contributed by atoms with van der Waals surface area (Å²) in [5, 5.41) is 3.06. The molecule has 1 amide bonds. The Morgan fingerprint density at radius 1 is 1.55 bits per heavy atom. The summed E-state index contributed by atoms with van der Waals surface area (Å²) in [5.41, 5.74) is 6.79. The van der Waals surface area contributed by atoms with Gasteiger partial charge in [0.2, 0.25) is 0 Å². The summed E-state index contributed by atoms with van der Waals surface area (Å²) in [6.07, 6.45) is 1.93. The van der Waals surface area contributed by atoms with Crippen molar-refractivity contribution in [3.05, 3.63) is 35.4 Å². The molecule has 2 atom stereocenters. The number of hydrogen-bond donors (Lipinski definition) is 2. The van der Waals surface area contributed by atoms with E-state index in [-0.39, 0.29) is 18.1 Å². The van der Waals surface area contributed by atoms with Crippen LogP contribution in [0.2, 0.25) is 0 Å². The Morgan fingerprint density at radius 3 is 3.15 bits per heavy atom. The van der Waals surface area contributed by atoms with Gasteiger partial charge in [0.05, 0.1) is 12.6 Å². The van der Waals surface area contributed by atoms with Crippen molar-refractivity contribution in [2.24, 2.45) is 5.73 Å². The van der Waals surface area contributed by atoms with Gasteiger partial charge in [-0.1, -0.05) is 17.9 Å². The van der Waals surface area contributed by atoms with Gasteiger partial charge in [0.15, 0.2) is 0 Å². The van der Waals surface area contributed by atoms with Crippen molar-refractivity contribution in [1.29, 1.82) is 0 Å². The van der Waals surface area contributed by atoms with Crippen molar-refractivity contribution in [3.63, 3.8) is 0 Å². The van der Waals surface area contributed by atoms with Crippen molar-refractivity contribution in [3.8, 4) is 11.8 Å². The third-order valence-corrected chi connectivity index (χ3v) is 3.28. The van der Waals surface area contributed by atoms with Crippen LogP contribution in [-0.2, 0) is 4.74 Å². The van der Waals surface area contributed by atoms with Crippen molar-refractivity contribution in [2.45, 2.75) is 31.9 Å². The number of amides is 1.